The number of ether oxygens (including phenoxy) is 2. The maximum Gasteiger partial charge on any atom is 0.348 e. The predicted molar refractivity (Wildman–Crippen MR) is 95.6 cm³/mol. The van der Waals surface area contributed by atoms with Crippen LogP contribution in [0.3, 0.4) is 0 Å². The first kappa shape index (κ1) is 18.8. The maximum absolute atomic E-state index is 12.3. The van der Waals surface area contributed by atoms with E-state index >= 15 is 0 Å². The average molecular weight is 380 g/mol. The molecule has 2 aromatic heterocycles. The van der Waals surface area contributed by atoms with Crippen molar-refractivity contribution in [2.45, 2.75) is 13.8 Å². The number of thiophene rings is 1. The Hall–Kier alpha value is -2.52. The van der Waals surface area contributed by atoms with Crippen molar-refractivity contribution >= 4 is 45.5 Å². The largest absolute Gasteiger partial charge is 0.462 e. The normalized spacial score (nSPS) is 10.2. The van der Waals surface area contributed by atoms with Gasteiger partial charge in [-0.3, -0.25) is 4.79 Å². The molecule has 0 unspecified atom stereocenters. The van der Waals surface area contributed by atoms with Gasteiger partial charge in [-0.25, -0.2) is 14.6 Å². The first-order valence-corrected chi connectivity index (χ1v) is 9.03. The summed E-state index contributed by atoms with van der Waals surface area (Å²) in [5, 5.41) is 4.42. The van der Waals surface area contributed by atoms with Crippen LogP contribution < -0.4 is 5.32 Å². The van der Waals surface area contributed by atoms with Crippen molar-refractivity contribution in [2.75, 3.05) is 18.5 Å². The third-order valence-corrected chi connectivity index (χ3v) is 4.81. The van der Waals surface area contributed by atoms with E-state index < -0.39 is 17.8 Å². The first-order valence-electron chi connectivity index (χ1n) is 7.27. The summed E-state index contributed by atoms with van der Waals surface area (Å²) in [6, 6.07) is 0. The van der Waals surface area contributed by atoms with Gasteiger partial charge in [-0.05, 0) is 19.4 Å². The van der Waals surface area contributed by atoms with Gasteiger partial charge >= 0.3 is 11.9 Å². The molecule has 132 valence electrons. The minimum absolute atomic E-state index is 0.0471. The van der Waals surface area contributed by atoms with Crippen LogP contribution in [-0.4, -0.2) is 36.0 Å². The molecule has 1 N–H and O–H groups in total. The highest BCUT2D eigenvalue weighted by atomic mass is 32.1. The summed E-state index contributed by atoms with van der Waals surface area (Å²) in [6.45, 7) is 6.97. The summed E-state index contributed by atoms with van der Waals surface area (Å²) in [5.74, 6) is -1.69. The predicted octanol–water partition coefficient (Wildman–Crippen LogP) is 3.28. The Morgan fingerprint density at radius 3 is 2.68 bits per heavy atom. The molecule has 2 heterocycles. The van der Waals surface area contributed by atoms with Gasteiger partial charge in [0.15, 0.2) is 0 Å². The molecule has 0 atom stereocenters. The smallest absolute Gasteiger partial charge is 0.348 e. The summed E-state index contributed by atoms with van der Waals surface area (Å²) in [5.41, 5.74) is 2.28. The molecule has 2 aromatic rings. The summed E-state index contributed by atoms with van der Waals surface area (Å²) >= 11 is 2.23. The number of rotatable bonds is 7. The molecular weight excluding hydrogens is 364 g/mol. The molecule has 2 rings (SSSR count). The van der Waals surface area contributed by atoms with Crippen LogP contribution in [0, 0.1) is 6.92 Å². The Morgan fingerprint density at radius 2 is 2.08 bits per heavy atom. The molecule has 0 aliphatic heterocycles. The summed E-state index contributed by atoms with van der Waals surface area (Å²) in [7, 11) is 0. The monoisotopic (exact) mass is 380 g/mol. The second-order valence-corrected chi connectivity index (χ2v) is 6.44. The van der Waals surface area contributed by atoms with Crippen LogP contribution in [0.15, 0.2) is 23.5 Å². The minimum atomic E-state index is -0.618. The maximum atomic E-state index is 12.3. The summed E-state index contributed by atoms with van der Waals surface area (Å²) < 4.78 is 10.1. The van der Waals surface area contributed by atoms with Crippen LogP contribution in [0.1, 0.15) is 43.0 Å². The standard InChI is InChI=1S/C16H16N2O5S2/c1-4-6-23-16(21)12-9(3)11(15(20)22-5-2)14(25-12)18-13(19)10-7-24-8-17-10/h4,7-8H,1,5-6H2,2-3H3,(H,18,19). The highest BCUT2D eigenvalue weighted by Crippen LogP contribution is 2.34. The van der Waals surface area contributed by atoms with E-state index in [1.54, 1.807) is 19.2 Å². The van der Waals surface area contributed by atoms with Gasteiger partial charge in [0, 0.05) is 5.38 Å². The molecule has 0 aromatic carbocycles. The molecule has 9 heteroatoms. The van der Waals surface area contributed by atoms with Crippen LogP contribution in [-0.2, 0) is 9.47 Å². The molecule has 0 saturated carbocycles. The summed E-state index contributed by atoms with van der Waals surface area (Å²) in [6.07, 6.45) is 1.44. The number of hydrogen-bond donors (Lipinski definition) is 1. The van der Waals surface area contributed by atoms with Crippen LogP contribution in [0.5, 0.6) is 0 Å². The van der Waals surface area contributed by atoms with Gasteiger partial charge < -0.3 is 14.8 Å². The van der Waals surface area contributed by atoms with Crippen molar-refractivity contribution in [3.8, 4) is 0 Å². The quantitative estimate of drug-likeness (QED) is 0.585. The number of anilines is 1. The van der Waals surface area contributed by atoms with E-state index in [0.717, 1.165) is 11.3 Å². The molecule has 0 radical (unpaired) electrons. The number of amides is 1. The van der Waals surface area contributed by atoms with Gasteiger partial charge in [-0.15, -0.1) is 22.7 Å². The average Bonchev–Trinajstić information content (AvgIpc) is 3.21. The van der Waals surface area contributed by atoms with E-state index in [1.165, 1.54) is 22.9 Å². The lowest BCUT2D eigenvalue weighted by molar-refractivity contribution is 0.0527. The molecule has 25 heavy (non-hydrogen) atoms. The Labute approximate surface area is 152 Å². The van der Waals surface area contributed by atoms with Gasteiger partial charge in [-0.1, -0.05) is 12.7 Å². The van der Waals surface area contributed by atoms with Crippen LogP contribution in [0.2, 0.25) is 0 Å². The van der Waals surface area contributed by atoms with Crippen LogP contribution in [0.4, 0.5) is 5.00 Å². The Morgan fingerprint density at radius 1 is 1.32 bits per heavy atom. The number of carbonyl (C=O) groups excluding carboxylic acids is 3. The molecule has 0 spiro atoms. The van der Waals surface area contributed by atoms with Crippen molar-refractivity contribution in [1.29, 1.82) is 0 Å². The molecule has 1 amide bonds. The van der Waals surface area contributed by atoms with Crippen molar-refractivity contribution in [2.24, 2.45) is 0 Å². The lowest BCUT2D eigenvalue weighted by Crippen LogP contribution is -2.15. The van der Waals surface area contributed by atoms with Crippen molar-refractivity contribution in [3.63, 3.8) is 0 Å². The Kier molecular flexibility index (Phi) is 6.43. The van der Waals surface area contributed by atoms with Gasteiger partial charge in [0.05, 0.1) is 17.7 Å². The van der Waals surface area contributed by atoms with E-state index in [9.17, 15) is 14.4 Å². The zero-order valence-corrected chi connectivity index (χ0v) is 15.3. The van der Waals surface area contributed by atoms with E-state index in [2.05, 4.69) is 16.9 Å². The van der Waals surface area contributed by atoms with Crippen molar-refractivity contribution in [3.05, 3.63) is 45.2 Å². The number of hydrogen-bond acceptors (Lipinski definition) is 8. The van der Waals surface area contributed by atoms with Gasteiger partial charge in [0.25, 0.3) is 5.91 Å². The summed E-state index contributed by atoms with van der Waals surface area (Å²) in [4.78, 5) is 40.8. The third kappa shape index (κ3) is 4.31. The zero-order valence-electron chi connectivity index (χ0n) is 13.7. The lowest BCUT2D eigenvalue weighted by atomic mass is 10.1. The third-order valence-electron chi connectivity index (χ3n) is 3.04. The van der Waals surface area contributed by atoms with Crippen molar-refractivity contribution in [1.82, 2.24) is 4.98 Å². The second kappa shape index (κ2) is 8.54. The van der Waals surface area contributed by atoms with Gasteiger partial charge in [-0.2, -0.15) is 0 Å². The molecular formula is C16H16N2O5S2. The number of nitrogens with one attached hydrogen (secondary N) is 1. The highest BCUT2D eigenvalue weighted by Gasteiger charge is 2.27. The van der Waals surface area contributed by atoms with Crippen LogP contribution >= 0.6 is 22.7 Å². The van der Waals surface area contributed by atoms with E-state index in [-0.39, 0.29) is 34.3 Å². The number of carbonyl (C=O) groups is 3. The van der Waals surface area contributed by atoms with E-state index in [0.29, 0.717) is 5.56 Å². The molecule has 0 aliphatic carbocycles. The Bertz CT molecular complexity index is 796. The number of esters is 2. The fraction of sp³-hybridized carbons (Fsp3) is 0.250. The minimum Gasteiger partial charge on any atom is -0.462 e. The number of aromatic nitrogens is 1. The fourth-order valence-corrected chi connectivity index (χ4v) is 3.55. The number of thiazole rings is 1. The Balaban J connectivity index is 2.38. The number of nitrogens with zero attached hydrogens (tertiary/aromatic N) is 1. The molecule has 0 saturated heterocycles. The second-order valence-electron chi connectivity index (χ2n) is 4.70. The van der Waals surface area contributed by atoms with E-state index in [4.69, 9.17) is 9.47 Å². The first-order chi connectivity index (χ1) is 12.0. The molecule has 0 fully saturated rings. The zero-order chi connectivity index (χ0) is 18.4. The van der Waals surface area contributed by atoms with Crippen molar-refractivity contribution < 1.29 is 23.9 Å². The van der Waals surface area contributed by atoms with Gasteiger partial charge in [0.2, 0.25) is 0 Å². The van der Waals surface area contributed by atoms with E-state index in [1.807, 2.05) is 0 Å². The molecule has 7 nitrogen and oxygen atoms in total. The molecule has 0 bridgehead atoms. The topological polar surface area (TPSA) is 94.6 Å². The highest BCUT2D eigenvalue weighted by molar-refractivity contribution is 7.18. The van der Waals surface area contributed by atoms with Crippen LogP contribution in [0.25, 0.3) is 0 Å². The lowest BCUT2D eigenvalue weighted by Gasteiger charge is -2.06. The SMILES string of the molecule is C=CCOC(=O)c1sc(NC(=O)c2cscn2)c(C(=O)OCC)c1C. The van der Waals surface area contributed by atoms with Gasteiger partial charge in [0.1, 0.15) is 22.2 Å². The fourth-order valence-electron chi connectivity index (χ4n) is 1.94. The molecule has 0 aliphatic rings.